The Morgan fingerprint density at radius 2 is 2.00 bits per heavy atom. The van der Waals surface area contributed by atoms with Crippen LogP contribution >= 0.6 is 0 Å². The van der Waals surface area contributed by atoms with E-state index in [1.165, 1.54) is 28.1 Å². The Bertz CT molecular complexity index is 559. The van der Waals surface area contributed by atoms with Crippen molar-refractivity contribution in [2.45, 2.75) is 40.5 Å². The zero-order chi connectivity index (χ0) is 14.5. The van der Waals surface area contributed by atoms with E-state index in [1.54, 1.807) is 0 Å². The summed E-state index contributed by atoms with van der Waals surface area (Å²) in [7, 11) is 0. The summed E-state index contributed by atoms with van der Waals surface area (Å²) in [5.41, 5.74) is 6.58. The molecular weight excluding hydrogens is 242 g/mol. The van der Waals surface area contributed by atoms with E-state index in [2.05, 4.69) is 75.5 Å². The van der Waals surface area contributed by atoms with Gasteiger partial charge >= 0.3 is 0 Å². The van der Waals surface area contributed by atoms with Crippen LogP contribution in [0.15, 0.2) is 47.7 Å². The van der Waals surface area contributed by atoms with Gasteiger partial charge in [-0.05, 0) is 50.3 Å². The molecule has 0 fully saturated rings. The Morgan fingerprint density at radius 1 is 1.20 bits per heavy atom. The first-order valence-corrected chi connectivity index (χ1v) is 7.48. The lowest BCUT2D eigenvalue weighted by Crippen LogP contribution is -2.02. The summed E-state index contributed by atoms with van der Waals surface area (Å²) in [4.78, 5) is 0. The average molecular weight is 267 g/mol. The smallest absolute Gasteiger partial charge is 0.0458 e. The van der Waals surface area contributed by atoms with E-state index in [0.29, 0.717) is 5.92 Å². The largest absolute Gasteiger partial charge is 0.359 e. The zero-order valence-corrected chi connectivity index (χ0v) is 13.0. The van der Waals surface area contributed by atoms with E-state index in [1.807, 2.05) is 0 Å². The Hall–Kier alpha value is -1.76. The van der Waals surface area contributed by atoms with Crippen LogP contribution in [0.2, 0.25) is 0 Å². The molecule has 1 aliphatic carbocycles. The third kappa shape index (κ3) is 3.63. The Kier molecular flexibility index (Phi) is 4.84. The molecule has 1 N–H and O–H groups in total. The quantitative estimate of drug-likeness (QED) is 0.704. The predicted molar refractivity (Wildman–Crippen MR) is 89.8 cm³/mol. The summed E-state index contributed by atoms with van der Waals surface area (Å²) in [6, 6.07) is 6.53. The van der Waals surface area contributed by atoms with E-state index in [4.69, 9.17) is 0 Å². The third-order valence-corrected chi connectivity index (χ3v) is 3.90. The Balaban J connectivity index is 2.17. The average Bonchev–Trinajstić information content (AvgIpc) is 2.45. The number of anilines is 1. The van der Waals surface area contributed by atoms with Crippen molar-refractivity contribution in [1.82, 2.24) is 0 Å². The first-order valence-electron chi connectivity index (χ1n) is 7.48. The van der Waals surface area contributed by atoms with Gasteiger partial charge in [0, 0.05) is 16.9 Å². The van der Waals surface area contributed by atoms with Gasteiger partial charge in [-0.1, -0.05) is 49.8 Å². The van der Waals surface area contributed by atoms with Gasteiger partial charge in [0.05, 0.1) is 0 Å². The molecule has 1 aliphatic rings. The minimum atomic E-state index is 0.603. The molecule has 1 aromatic rings. The summed E-state index contributed by atoms with van der Waals surface area (Å²) < 4.78 is 0. The minimum absolute atomic E-state index is 0.603. The van der Waals surface area contributed by atoms with Gasteiger partial charge in [-0.15, -0.1) is 0 Å². The molecule has 1 aromatic carbocycles. The van der Waals surface area contributed by atoms with Crippen LogP contribution in [0.4, 0.5) is 5.69 Å². The van der Waals surface area contributed by atoms with Crippen molar-refractivity contribution in [2.24, 2.45) is 5.92 Å². The number of aryl methyl sites for hydroxylation is 1. The van der Waals surface area contributed by atoms with E-state index in [0.717, 1.165) is 12.8 Å². The van der Waals surface area contributed by atoms with Gasteiger partial charge in [0.2, 0.25) is 0 Å². The number of hydrogen-bond donors (Lipinski definition) is 1. The van der Waals surface area contributed by atoms with Gasteiger partial charge in [-0.2, -0.15) is 0 Å². The number of allylic oxidation sites excluding steroid dienone is 5. The summed E-state index contributed by atoms with van der Waals surface area (Å²) in [5, 5.41) is 3.53. The van der Waals surface area contributed by atoms with Crippen LogP contribution in [0.5, 0.6) is 0 Å². The van der Waals surface area contributed by atoms with Crippen molar-refractivity contribution < 1.29 is 0 Å². The van der Waals surface area contributed by atoms with E-state index >= 15 is 0 Å². The molecule has 0 heterocycles. The molecule has 0 saturated carbocycles. The Morgan fingerprint density at radius 3 is 2.75 bits per heavy atom. The number of nitrogens with one attached hydrogen (secondary N) is 1. The number of rotatable bonds is 4. The SMILES string of the molecule is C/C(=C\C=C(/C)C(C)C)Nc1cccc2c1C=CCC2. The highest BCUT2D eigenvalue weighted by Crippen LogP contribution is 2.27. The van der Waals surface area contributed by atoms with Crippen LogP contribution in [0.25, 0.3) is 6.08 Å². The molecule has 0 atom stereocenters. The molecule has 0 radical (unpaired) electrons. The third-order valence-electron chi connectivity index (χ3n) is 3.90. The normalized spacial score (nSPS) is 15.4. The van der Waals surface area contributed by atoms with Gasteiger partial charge in [-0.3, -0.25) is 0 Å². The summed E-state index contributed by atoms with van der Waals surface area (Å²) in [6.45, 7) is 8.75. The van der Waals surface area contributed by atoms with Crippen molar-refractivity contribution in [3.8, 4) is 0 Å². The van der Waals surface area contributed by atoms with Crippen LogP contribution in [0.1, 0.15) is 45.2 Å². The first-order chi connectivity index (χ1) is 9.58. The molecule has 0 unspecified atom stereocenters. The minimum Gasteiger partial charge on any atom is -0.359 e. The molecule has 20 heavy (non-hydrogen) atoms. The fraction of sp³-hybridized carbons (Fsp3) is 0.368. The highest BCUT2D eigenvalue weighted by molar-refractivity contribution is 5.72. The Labute approximate surface area is 123 Å². The number of fused-ring (bicyclic) bond motifs is 1. The molecule has 0 spiro atoms. The zero-order valence-electron chi connectivity index (χ0n) is 13.0. The molecule has 106 valence electrons. The maximum Gasteiger partial charge on any atom is 0.0458 e. The lowest BCUT2D eigenvalue weighted by atomic mass is 9.96. The molecule has 0 aromatic heterocycles. The summed E-state index contributed by atoms with van der Waals surface area (Å²) in [5.74, 6) is 0.603. The van der Waals surface area contributed by atoms with E-state index in [9.17, 15) is 0 Å². The predicted octanol–water partition coefficient (Wildman–Crippen LogP) is 5.56. The molecular formula is C19H25N. The molecule has 1 nitrogen and oxygen atoms in total. The second-order valence-corrected chi connectivity index (χ2v) is 5.86. The van der Waals surface area contributed by atoms with Crippen LogP contribution in [0.3, 0.4) is 0 Å². The number of benzene rings is 1. The van der Waals surface area contributed by atoms with Crippen molar-refractivity contribution in [2.75, 3.05) is 5.32 Å². The second kappa shape index (κ2) is 6.60. The lowest BCUT2D eigenvalue weighted by Gasteiger charge is -2.16. The highest BCUT2D eigenvalue weighted by Gasteiger charge is 2.08. The molecule has 2 rings (SSSR count). The van der Waals surface area contributed by atoms with Crippen molar-refractivity contribution in [3.05, 3.63) is 58.8 Å². The maximum absolute atomic E-state index is 3.53. The van der Waals surface area contributed by atoms with E-state index < -0.39 is 0 Å². The van der Waals surface area contributed by atoms with Crippen LogP contribution in [-0.2, 0) is 6.42 Å². The van der Waals surface area contributed by atoms with Crippen LogP contribution in [0, 0.1) is 5.92 Å². The summed E-state index contributed by atoms with van der Waals surface area (Å²) in [6.07, 6.45) is 11.2. The molecule has 0 amide bonds. The van der Waals surface area contributed by atoms with Gasteiger partial charge in [0.15, 0.2) is 0 Å². The first kappa shape index (κ1) is 14.6. The van der Waals surface area contributed by atoms with Gasteiger partial charge in [-0.25, -0.2) is 0 Å². The number of hydrogen-bond acceptors (Lipinski definition) is 1. The van der Waals surface area contributed by atoms with Gasteiger partial charge in [0.1, 0.15) is 0 Å². The van der Waals surface area contributed by atoms with Crippen molar-refractivity contribution in [3.63, 3.8) is 0 Å². The fourth-order valence-corrected chi connectivity index (χ4v) is 2.28. The van der Waals surface area contributed by atoms with E-state index in [-0.39, 0.29) is 0 Å². The molecule has 0 aliphatic heterocycles. The highest BCUT2D eigenvalue weighted by atomic mass is 14.9. The van der Waals surface area contributed by atoms with Crippen molar-refractivity contribution in [1.29, 1.82) is 0 Å². The van der Waals surface area contributed by atoms with Crippen molar-refractivity contribution >= 4 is 11.8 Å². The molecule has 1 heteroatoms. The standard InChI is InChI=1S/C19H25N/c1-14(2)15(3)12-13-16(4)20-19-11-7-9-17-8-5-6-10-18(17)19/h6-7,9-14,20H,5,8H2,1-4H3/b15-12+,16-13+. The second-order valence-electron chi connectivity index (χ2n) is 5.86. The topological polar surface area (TPSA) is 12.0 Å². The lowest BCUT2D eigenvalue weighted by molar-refractivity contribution is 0.769. The maximum atomic E-state index is 3.53. The van der Waals surface area contributed by atoms with Crippen LogP contribution in [-0.4, -0.2) is 0 Å². The molecule has 0 saturated heterocycles. The van der Waals surface area contributed by atoms with Crippen LogP contribution < -0.4 is 5.32 Å². The monoisotopic (exact) mass is 267 g/mol. The molecule has 0 bridgehead atoms. The fourth-order valence-electron chi connectivity index (χ4n) is 2.28. The van der Waals surface area contributed by atoms with Gasteiger partial charge < -0.3 is 5.32 Å². The van der Waals surface area contributed by atoms with Gasteiger partial charge in [0.25, 0.3) is 0 Å². The summed E-state index contributed by atoms with van der Waals surface area (Å²) >= 11 is 0.